The van der Waals surface area contributed by atoms with Crippen LogP contribution in [0.25, 0.3) is 22.3 Å². The van der Waals surface area contributed by atoms with E-state index in [4.69, 9.17) is 5.10 Å². The number of rotatable bonds is 5. The van der Waals surface area contributed by atoms with Gasteiger partial charge in [0.05, 0.1) is 11.4 Å². The number of anilines is 2. The molecule has 43 heavy (non-hydrogen) atoms. The highest BCUT2D eigenvalue weighted by molar-refractivity contribution is 6.15. The first-order chi connectivity index (χ1) is 20.6. The van der Waals surface area contributed by atoms with Crippen molar-refractivity contribution in [3.8, 4) is 22.3 Å². The number of hydrogen-bond acceptors (Lipinski definition) is 3. The molecule has 1 heterocycles. The van der Waals surface area contributed by atoms with Crippen LogP contribution in [-0.2, 0) is 10.8 Å². The maximum Gasteiger partial charge on any atom is 0.162 e. The number of benzene rings is 5. The number of amidine groups is 1. The number of hydrogen-bond donors (Lipinski definition) is 0. The minimum absolute atomic E-state index is 0.0157. The Kier molecular flexibility index (Phi) is 7.43. The van der Waals surface area contributed by atoms with Crippen molar-refractivity contribution in [1.82, 2.24) is 0 Å². The topological polar surface area (TPSA) is 18.8 Å². The van der Waals surface area contributed by atoms with Crippen molar-refractivity contribution in [3.05, 3.63) is 144 Å². The van der Waals surface area contributed by atoms with Crippen LogP contribution >= 0.6 is 0 Å². The van der Waals surface area contributed by atoms with Crippen molar-refractivity contribution in [1.29, 1.82) is 0 Å². The molecular weight excluding hydrogens is 522 g/mol. The normalized spacial score (nSPS) is 13.8. The van der Waals surface area contributed by atoms with Gasteiger partial charge in [-0.2, -0.15) is 5.10 Å². The average molecular weight is 564 g/mol. The lowest BCUT2D eigenvalue weighted by Gasteiger charge is -2.29. The van der Waals surface area contributed by atoms with Gasteiger partial charge in [0, 0.05) is 16.7 Å². The summed E-state index contributed by atoms with van der Waals surface area (Å²) in [6.45, 7) is 14.3. The summed E-state index contributed by atoms with van der Waals surface area (Å²) in [5.74, 6) is 0.944. The summed E-state index contributed by atoms with van der Waals surface area (Å²) in [6.07, 6.45) is 0. The van der Waals surface area contributed by atoms with E-state index in [0.717, 1.165) is 22.8 Å². The number of nitrogens with zero attached hydrogens (tertiary/aromatic N) is 3. The Bertz CT molecular complexity index is 1650. The van der Waals surface area contributed by atoms with E-state index in [9.17, 15) is 0 Å². The molecule has 1 aliphatic heterocycles. The fourth-order valence-electron chi connectivity index (χ4n) is 5.68. The lowest BCUT2D eigenvalue weighted by molar-refractivity contribution is 0.568. The van der Waals surface area contributed by atoms with E-state index in [0.29, 0.717) is 6.67 Å². The van der Waals surface area contributed by atoms with Gasteiger partial charge < -0.3 is 4.90 Å². The molecule has 0 N–H and O–H groups in total. The Balaban J connectivity index is 1.57. The highest BCUT2D eigenvalue weighted by Gasteiger charge is 2.32. The molecule has 0 aliphatic carbocycles. The predicted molar refractivity (Wildman–Crippen MR) is 184 cm³/mol. The summed E-state index contributed by atoms with van der Waals surface area (Å²) < 4.78 is 0. The largest absolute Gasteiger partial charge is 0.303 e. The van der Waals surface area contributed by atoms with Crippen molar-refractivity contribution in [2.24, 2.45) is 5.10 Å². The van der Waals surface area contributed by atoms with Crippen LogP contribution in [0.1, 0.15) is 58.2 Å². The smallest absolute Gasteiger partial charge is 0.162 e. The molecule has 0 aromatic heterocycles. The van der Waals surface area contributed by atoms with E-state index in [-0.39, 0.29) is 10.8 Å². The van der Waals surface area contributed by atoms with E-state index in [1.54, 1.807) is 0 Å². The minimum atomic E-state index is 0.0157. The highest BCUT2D eigenvalue weighted by Crippen LogP contribution is 2.43. The third-order valence-corrected chi connectivity index (χ3v) is 8.20. The minimum Gasteiger partial charge on any atom is -0.303 e. The third-order valence-electron chi connectivity index (χ3n) is 8.20. The van der Waals surface area contributed by atoms with Crippen LogP contribution in [0, 0.1) is 0 Å². The summed E-state index contributed by atoms with van der Waals surface area (Å²) in [7, 11) is 0. The van der Waals surface area contributed by atoms with Gasteiger partial charge in [-0.15, -0.1) is 0 Å². The Morgan fingerprint density at radius 2 is 0.953 bits per heavy atom. The molecule has 0 radical (unpaired) electrons. The second kappa shape index (κ2) is 11.2. The fourth-order valence-corrected chi connectivity index (χ4v) is 5.68. The molecule has 0 fully saturated rings. The first-order valence-electron chi connectivity index (χ1n) is 15.2. The fraction of sp³-hybridized carbons (Fsp3) is 0.225. The zero-order chi connectivity index (χ0) is 30.2. The van der Waals surface area contributed by atoms with E-state index in [2.05, 4.69) is 179 Å². The van der Waals surface area contributed by atoms with Crippen LogP contribution in [0.15, 0.2) is 132 Å². The number of para-hydroxylation sites is 1. The molecule has 0 unspecified atom stereocenters. The summed E-state index contributed by atoms with van der Waals surface area (Å²) in [5.41, 5.74) is 10.8. The van der Waals surface area contributed by atoms with Crippen molar-refractivity contribution >= 4 is 17.2 Å². The van der Waals surface area contributed by atoms with Crippen LogP contribution in [0.2, 0.25) is 0 Å². The maximum absolute atomic E-state index is 5.38. The lowest BCUT2D eigenvalue weighted by atomic mass is 9.80. The average Bonchev–Trinajstić information content (AvgIpc) is 3.46. The first kappa shape index (κ1) is 28.5. The van der Waals surface area contributed by atoms with Gasteiger partial charge in [0.15, 0.2) is 5.84 Å². The molecule has 216 valence electrons. The van der Waals surface area contributed by atoms with Crippen LogP contribution in [0.3, 0.4) is 0 Å². The Hall–Kier alpha value is -4.63. The Morgan fingerprint density at radius 1 is 0.512 bits per heavy atom. The molecule has 0 saturated heterocycles. The van der Waals surface area contributed by atoms with Crippen LogP contribution < -0.4 is 9.91 Å². The maximum atomic E-state index is 5.38. The van der Waals surface area contributed by atoms with E-state index >= 15 is 0 Å². The van der Waals surface area contributed by atoms with Gasteiger partial charge in [0.25, 0.3) is 0 Å². The molecule has 6 rings (SSSR count). The Morgan fingerprint density at radius 3 is 1.40 bits per heavy atom. The molecule has 0 atom stereocenters. The zero-order valence-electron chi connectivity index (χ0n) is 26.2. The van der Waals surface area contributed by atoms with Crippen molar-refractivity contribution in [3.63, 3.8) is 0 Å². The van der Waals surface area contributed by atoms with Crippen LogP contribution in [-0.4, -0.2) is 12.5 Å². The predicted octanol–water partition coefficient (Wildman–Crippen LogP) is 10.3. The van der Waals surface area contributed by atoms with E-state index < -0.39 is 0 Å². The summed E-state index contributed by atoms with van der Waals surface area (Å²) in [4.78, 5) is 2.40. The van der Waals surface area contributed by atoms with Crippen molar-refractivity contribution < 1.29 is 0 Å². The molecule has 0 amide bonds. The van der Waals surface area contributed by atoms with Gasteiger partial charge in [-0.25, -0.2) is 5.01 Å². The zero-order valence-corrected chi connectivity index (χ0v) is 26.2. The third kappa shape index (κ3) is 5.85. The van der Waals surface area contributed by atoms with Crippen LogP contribution in [0.5, 0.6) is 0 Å². The SMILES string of the molecule is CC(C)(C)c1cc(N2CN(c3c(-c4ccccc4)cccc3-c3ccccc3)C(c3ccccc3)=N2)cc(C(C)(C)C)c1. The molecule has 5 aromatic carbocycles. The number of hydrazone groups is 1. The highest BCUT2D eigenvalue weighted by atomic mass is 15.6. The second-order valence-corrected chi connectivity index (χ2v) is 13.5. The molecule has 0 saturated carbocycles. The van der Waals surface area contributed by atoms with E-state index in [1.165, 1.54) is 33.4 Å². The molecule has 1 aliphatic rings. The molecule has 5 aromatic rings. The van der Waals surface area contributed by atoms with Gasteiger partial charge in [0.1, 0.15) is 6.67 Å². The first-order valence-corrected chi connectivity index (χ1v) is 15.2. The van der Waals surface area contributed by atoms with Gasteiger partial charge in [-0.3, -0.25) is 0 Å². The second-order valence-electron chi connectivity index (χ2n) is 13.5. The molecule has 3 heteroatoms. The molecule has 3 nitrogen and oxygen atoms in total. The molecular formula is C40H41N3. The van der Waals surface area contributed by atoms with E-state index in [1.807, 2.05) is 0 Å². The molecule has 0 bridgehead atoms. The van der Waals surface area contributed by atoms with Crippen molar-refractivity contribution in [2.75, 3.05) is 16.6 Å². The lowest BCUT2D eigenvalue weighted by Crippen LogP contribution is -2.32. The van der Waals surface area contributed by atoms with Gasteiger partial charge >= 0.3 is 0 Å². The van der Waals surface area contributed by atoms with Gasteiger partial charge in [-0.05, 0) is 45.2 Å². The summed E-state index contributed by atoms with van der Waals surface area (Å²) in [6, 6.07) is 45.6. The molecule has 0 spiro atoms. The standard InChI is InChI=1S/C40H41N3/c1-39(2,3)32-25-33(40(4,5)6)27-34(26-32)43-28-42(38(41-43)31-21-14-9-15-22-31)37-35(29-17-10-7-11-18-29)23-16-24-36(37)30-19-12-8-13-20-30/h7-27H,28H2,1-6H3. The summed E-state index contributed by atoms with van der Waals surface area (Å²) in [5, 5.41) is 7.56. The summed E-state index contributed by atoms with van der Waals surface area (Å²) >= 11 is 0. The van der Waals surface area contributed by atoms with Gasteiger partial charge in [-0.1, -0.05) is 157 Å². The van der Waals surface area contributed by atoms with Crippen LogP contribution in [0.4, 0.5) is 11.4 Å². The Labute approximate surface area is 257 Å². The van der Waals surface area contributed by atoms with Gasteiger partial charge in [0.2, 0.25) is 0 Å². The van der Waals surface area contributed by atoms with Crippen molar-refractivity contribution in [2.45, 2.75) is 52.4 Å². The monoisotopic (exact) mass is 563 g/mol. The quantitative estimate of drug-likeness (QED) is 0.212.